The Morgan fingerprint density at radius 3 is 3.05 bits per heavy atom. The van der Waals surface area contributed by atoms with Crippen molar-refractivity contribution in [1.82, 2.24) is 10.0 Å². The largest absolute Gasteiger partial charge is 0.465 e. The van der Waals surface area contributed by atoms with Gasteiger partial charge >= 0.3 is 5.97 Å². The number of esters is 1. The van der Waals surface area contributed by atoms with Crippen molar-refractivity contribution in [2.24, 2.45) is 0 Å². The molecule has 0 spiro atoms. The van der Waals surface area contributed by atoms with Gasteiger partial charge in [0.15, 0.2) is 0 Å². The van der Waals surface area contributed by atoms with Crippen LogP contribution in [0.3, 0.4) is 0 Å². The SMILES string of the molecule is COC(=O)c1sccc1S(=O)(=O)NC1CCCCNC1. The van der Waals surface area contributed by atoms with Crippen LogP contribution in [0.1, 0.15) is 28.9 Å². The molecular weight excluding hydrogens is 300 g/mol. The van der Waals surface area contributed by atoms with Crippen LogP contribution in [0, 0.1) is 0 Å². The third kappa shape index (κ3) is 3.57. The first-order chi connectivity index (χ1) is 9.54. The topological polar surface area (TPSA) is 84.5 Å². The highest BCUT2D eigenvalue weighted by Gasteiger charge is 2.27. The molecule has 2 N–H and O–H groups in total. The standard InChI is InChI=1S/C12H18N2O4S2/c1-18-12(15)11-10(5-7-19-11)20(16,17)14-9-4-2-3-6-13-8-9/h5,7,9,13-14H,2-4,6,8H2,1H3. The number of rotatable bonds is 4. The lowest BCUT2D eigenvalue weighted by Crippen LogP contribution is -2.41. The maximum atomic E-state index is 12.4. The quantitative estimate of drug-likeness (QED) is 0.808. The molecular formula is C12H18N2O4S2. The number of carbonyl (C=O) groups is 1. The number of hydrogen-bond acceptors (Lipinski definition) is 6. The first-order valence-corrected chi connectivity index (χ1v) is 8.80. The number of methoxy groups -OCH3 is 1. The number of sulfonamides is 1. The average Bonchev–Trinajstić information content (AvgIpc) is 2.79. The maximum absolute atomic E-state index is 12.4. The molecule has 0 radical (unpaired) electrons. The van der Waals surface area contributed by atoms with Gasteiger partial charge in [-0.3, -0.25) is 0 Å². The van der Waals surface area contributed by atoms with E-state index in [9.17, 15) is 13.2 Å². The molecule has 2 heterocycles. The van der Waals surface area contributed by atoms with Crippen molar-refractivity contribution in [1.29, 1.82) is 0 Å². The third-order valence-corrected chi connectivity index (χ3v) is 5.74. The van der Waals surface area contributed by atoms with Crippen LogP contribution in [0.15, 0.2) is 16.3 Å². The van der Waals surface area contributed by atoms with E-state index in [-0.39, 0.29) is 15.8 Å². The monoisotopic (exact) mass is 318 g/mol. The molecule has 1 fully saturated rings. The maximum Gasteiger partial charge on any atom is 0.349 e. The number of ether oxygens (including phenoxy) is 1. The molecule has 8 heteroatoms. The van der Waals surface area contributed by atoms with Gasteiger partial charge in [-0.1, -0.05) is 6.42 Å². The minimum absolute atomic E-state index is 0.00130. The molecule has 0 saturated carbocycles. The Balaban J connectivity index is 2.17. The summed E-state index contributed by atoms with van der Waals surface area (Å²) in [5.74, 6) is -0.626. The van der Waals surface area contributed by atoms with E-state index in [0.29, 0.717) is 6.54 Å². The molecule has 1 unspecified atom stereocenters. The fourth-order valence-corrected chi connectivity index (χ4v) is 4.76. The molecule has 0 bridgehead atoms. The van der Waals surface area contributed by atoms with Gasteiger partial charge in [-0.2, -0.15) is 0 Å². The lowest BCUT2D eigenvalue weighted by Gasteiger charge is -2.16. The van der Waals surface area contributed by atoms with Crippen LogP contribution in [0.4, 0.5) is 0 Å². The summed E-state index contributed by atoms with van der Waals surface area (Å²) < 4.78 is 32.0. The number of carbonyl (C=O) groups excluding carboxylic acids is 1. The van der Waals surface area contributed by atoms with E-state index < -0.39 is 16.0 Å². The number of nitrogens with one attached hydrogen (secondary N) is 2. The van der Waals surface area contributed by atoms with E-state index >= 15 is 0 Å². The lowest BCUT2D eigenvalue weighted by molar-refractivity contribution is 0.0602. The third-order valence-electron chi connectivity index (χ3n) is 3.16. The second-order valence-corrected chi connectivity index (χ2v) is 7.22. The van der Waals surface area contributed by atoms with E-state index in [4.69, 9.17) is 0 Å². The van der Waals surface area contributed by atoms with Crippen molar-refractivity contribution >= 4 is 27.3 Å². The molecule has 0 aromatic carbocycles. The fraction of sp³-hybridized carbons (Fsp3) is 0.583. The van der Waals surface area contributed by atoms with Gasteiger partial charge in [-0.15, -0.1) is 11.3 Å². The molecule has 1 aliphatic heterocycles. The summed E-state index contributed by atoms with van der Waals surface area (Å²) in [5.41, 5.74) is 0. The van der Waals surface area contributed by atoms with Gasteiger partial charge in [-0.05, 0) is 30.8 Å². The predicted molar refractivity (Wildman–Crippen MR) is 76.5 cm³/mol. The van der Waals surface area contributed by atoms with Crippen LogP contribution < -0.4 is 10.0 Å². The van der Waals surface area contributed by atoms with Crippen molar-refractivity contribution < 1.29 is 17.9 Å². The normalized spacial score (nSPS) is 20.4. The second-order valence-electron chi connectivity index (χ2n) is 4.62. The van der Waals surface area contributed by atoms with Crippen LogP contribution in [-0.2, 0) is 14.8 Å². The molecule has 112 valence electrons. The zero-order chi connectivity index (χ0) is 14.6. The summed E-state index contributed by atoms with van der Waals surface area (Å²) >= 11 is 1.07. The summed E-state index contributed by atoms with van der Waals surface area (Å²) in [7, 11) is -2.46. The highest BCUT2D eigenvalue weighted by Crippen LogP contribution is 2.23. The minimum Gasteiger partial charge on any atom is -0.465 e. The molecule has 20 heavy (non-hydrogen) atoms. The zero-order valence-electron chi connectivity index (χ0n) is 11.2. The van der Waals surface area contributed by atoms with Gasteiger partial charge in [0.05, 0.1) is 7.11 Å². The van der Waals surface area contributed by atoms with E-state index in [0.717, 1.165) is 37.1 Å². The fourth-order valence-electron chi connectivity index (χ4n) is 2.15. The van der Waals surface area contributed by atoms with Crippen molar-refractivity contribution in [3.8, 4) is 0 Å². The van der Waals surface area contributed by atoms with Crippen LogP contribution in [0.2, 0.25) is 0 Å². The van der Waals surface area contributed by atoms with Gasteiger partial charge in [0.1, 0.15) is 9.77 Å². The first-order valence-electron chi connectivity index (χ1n) is 6.43. The highest BCUT2D eigenvalue weighted by molar-refractivity contribution is 7.89. The van der Waals surface area contributed by atoms with Crippen LogP contribution >= 0.6 is 11.3 Å². The number of hydrogen-bond donors (Lipinski definition) is 2. The predicted octanol–water partition coefficient (Wildman–Crippen LogP) is 0.955. The Labute approximate surface area is 122 Å². The first kappa shape index (κ1) is 15.4. The highest BCUT2D eigenvalue weighted by atomic mass is 32.2. The Morgan fingerprint density at radius 1 is 1.50 bits per heavy atom. The van der Waals surface area contributed by atoms with Gasteiger partial charge in [0, 0.05) is 12.6 Å². The van der Waals surface area contributed by atoms with Crippen LogP contribution in [-0.4, -0.2) is 40.6 Å². The van der Waals surface area contributed by atoms with Gasteiger partial charge in [0.2, 0.25) is 10.0 Å². The average molecular weight is 318 g/mol. The molecule has 1 aliphatic rings. The summed E-state index contributed by atoms with van der Waals surface area (Å²) in [4.78, 5) is 11.7. The summed E-state index contributed by atoms with van der Waals surface area (Å²) in [6.45, 7) is 1.51. The molecule has 2 rings (SSSR count). The van der Waals surface area contributed by atoms with Gasteiger partial charge < -0.3 is 10.1 Å². The summed E-state index contributed by atoms with van der Waals surface area (Å²) in [6.07, 6.45) is 2.82. The van der Waals surface area contributed by atoms with E-state index in [2.05, 4.69) is 14.8 Å². The smallest absolute Gasteiger partial charge is 0.349 e. The van der Waals surface area contributed by atoms with E-state index in [1.165, 1.54) is 13.2 Å². The van der Waals surface area contributed by atoms with E-state index in [1.54, 1.807) is 5.38 Å². The number of thiophene rings is 1. The second kappa shape index (κ2) is 6.66. The zero-order valence-corrected chi connectivity index (χ0v) is 12.9. The molecule has 0 aliphatic carbocycles. The van der Waals surface area contributed by atoms with Crippen molar-refractivity contribution in [3.05, 3.63) is 16.3 Å². The van der Waals surface area contributed by atoms with Crippen LogP contribution in [0.5, 0.6) is 0 Å². The van der Waals surface area contributed by atoms with E-state index in [1.807, 2.05) is 0 Å². The van der Waals surface area contributed by atoms with Gasteiger partial charge in [-0.25, -0.2) is 17.9 Å². The van der Waals surface area contributed by atoms with Crippen LogP contribution in [0.25, 0.3) is 0 Å². The molecule has 1 aromatic heterocycles. The summed E-state index contributed by atoms with van der Waals surface area (Å²) in [6, 6.07) is 1.29. The molecule has 1 saturated heterocycles. The van der Waals surface area contributed by atoms with Crippen molar-refractivity contribution in [2.75, 3.05) is 20.2 Å². The lowest BCUT2D eigenvalue weighted by atomic mass is 10.2. The molecule has 1 atom stereocenters. The Hall–Kier alpha value is -0.960. The molecule has 6 nitrogen and oxygen atoms in total. The van der Waals surface area contributed by atoms with Crippen molar-refractivity contribution in [2.45, 2.75) is 30.2 Å². The molecule has 1 aromatic rings. The minimum atomic E-state index is -3.70. The van der Waals surface area contributed by atoms with Crippen molar-refractivity contribution in [3.63, 3.8) is 0 Å². The Kier molecular flexibility index (Phi) is 5.14. The summed E-state index contributed by atoms with van der Waals surface area (Å²) in [5, 5.41) is 4.77. The Morgan fingerprint density at radius 2 is 2.30 bits per heavy atom. The Bertz CT molecular complexity index is 560. The van der Waals surface area contributed by atoms with Gasteiger partial charge in [0.25, 0.3) is 0 Å². The molecule has 0 amide bonds.